The molecule has 2 rings (SSSR count). The third-order valence-corrected chi connectivity index (χ3v) is 3.85. The van der Waals surface area contributed by atoms with E-state index in [1.54, 1.807) is 0 Å². The van der Waals surface area contributed by atoms with Crippen molar-refractivity contribution in [1.82, 2.24) is 25.8 Å². The van der Waals surface area contributed by atoms with Gasteiger partial charge < -0.3 is 21.7 Å². The van der Waals surface area contributed by atoms with E-state index in [4.69, 9.17) is 5.73 Å². The van der Waals surface area contributed by atoms with Gasteiger partial charge in [-0.3, -0.25) is 9.88 Å². The van der Waals surface area contributed by atoms with Crippen molar-refractivity contribution < 1.29 is 0 Å². The molecule has 0 fully saturated rings. The summed E-state index contributed by atoms with van der Waals surface area (Å²) in [5.74, 6) is 0. The van der Waals surface area contributed by atoms with Crippen LogP contribution in [0.25, 0.3) is 0 Å². The molecule has 6 nitrogen and oxygen atoms in total. The number of fused-ring (bicyclic) bond motifs is 2. The highest BCUT2D eigenvalue weighted by atomic mass is 79.9. The summed E-state index contributed by atoms with van der Waals surface area (Å²) in [7, 11) is 0. The van der Waals surface area contributed by atoms with Crippen molar-refractivity contribution in [3.8, 4) is 0 Å². The Bertz CT molecular complexity index is 390. The minimum atomic E-state index is 0. The molecule has 2 heterocycles. The number of nitrogens with two attached hydrogens (primary N) is 1. The Hall–Kier alpha value is -0.570. The Kier molecular flexibility index (Phi) is 11.4. The number of rotatable bonds is 6. The largest absolute Gasteiger partial charge is 0.330 e. The summed E-state index contributed by atoms with van der Waals surface area (Å²) >= 11 is 0. The molecule has 0 atom stereocenters. The number of nitrogens with zero attached hydrogens (tertiary/aromatic N) is 2. The number of halogens is 1. The third-order valence-electron chi connectivity index (χ3n) is 3.85. The van der Waals surface area contributed by atoms with Crippen molar-refractivity contribution in [2.24, 2.45) is 5.73 Å². The molecule has 5 N–H and O–H groups in total. The molecule has 0 amide bonds. The van der Waals surface area contributed by atoms with Gasteiger partial charge >= 0.3 is 0 Å². The van der Waals surface area contributed by atoms with Crippen molar-refractivity contribution in [3.05, 3.63) is 29.6 Å². The standard InChI is InChI=1S/C16H30N6.BrH/c17-5-2-6-18-7-10-22-11-8-19-13-15-3-1-4-16(21-15)14-20-9-12-22;/h1,3-4,18-20H,2,5-14,17H2;1H. The normalized spacial score (nSPS) is 16.9. The van der Waals surface area contributed by atoms with Crippen molar-refractivity contribution in [2.45, 2.75) is 19.5 Å². The lowest BCUT2D eigenvalue weighted by Crippen LogP contribution is -2.41. The Labute approximate surface area is 150 Å². The summed E-state index contributed by atoms with van der Waals surface area (Å²) in [5.41, 5.74) is 7.74. The number of nitrogens with one attached hydrogen (secondary N) is 3. The van der Waals surface area contributed by atoms with Crippen LogP contribution < -0.4 is 21.7 Å². The predicted molar refractivity (Wildman–Crippen MR) is 101 cm³/mol. The number of aromatic nitrogens is 1. The third kappa shape index (κ3) is 8.74. The van der Waals surface area contributed by atoms with Crippen LogP contribution in [0.3, 0.4) is 0 Å². The summed E-state index contributed by atoms with van der Waals surface area (Å²) in [4.78, 5) is 7.14. The summed E-state index contributed by atoms with van der Waals surface area (Å²) in [6, 6.07) is 6.26. The van der Waals surface area contributed by atoms with E-state index in [1.807, 2.05) is 0 Å². The van der Waals surface area contributed by atoms with Gasteiger partial charge in [-0.05, 0) is 31.6 Å². The van der Waals surface area contributed by atoms with Crippen molar-refractivity contribution >= 4 is 17.0 Å². The fraction of sp³-hybridized carbons (Fsp3) is 0.688. The highest BCUT2D eigenvalue weighted by Gasteiger charge is 2.06. The fourth-order valence-corrected chi connectivity index (χ4v) is 2.56. The maximum Gasteiger partial charge on any atom is 0.0545 e. The molecule has 1 aromatic heterocycles. The first-order valence-corrected chi connectivity index (χ1v) is 8.38. The maximum absolute atomic E-state index is 5.50. The molecule has 0 radical (unpaired) electrons. The van der Waals surface area contributed by atoms with E-state index in [2.05, 4.69) is 44.0 Å². The molecule has 0 aromatic carbocycles. The van der Waals surface area contributed by atoms with E-state index in [0.717, 1.165) is 83.3 Å². The monoisotopic (exact) mass is 386 g/mol. The van der Waals surface area contributed by atoms with Crippen molar-refractivity contribution in [3.63, 3.8) is 0 Å². The summed E-state index contributed by atoms with van der Waals surface area (Å²) in [5, 5.41) is 10.4. The molecule has 132 valence electrons. The first-order valence-electron chi connectivity index (χ1n) is 8.38. The first-order chi connectivity index (χ1) is 10.9. The number of hydrogen-bond donors (Lipinski definition) is 4. The topological polar surface area (TPSA) is 78.2 Å². The van der Waals surface area contributed by atoms with Crippen molar-refractivity contribution in [2.75, 3.05) is 52.4 Å². The van der Waals surface area contributed by atoms with Gasteiger partial charge in [-0.1, -0.05) is 6.07 Å². The van der Waals surface area contributed by atoms with Crippen LogP contribution in [-0.4, -0.2) is 62.2 Å². The van der Waals surface area contributed by atoms with E-state index < -0.39 is 0 Å². The average molecular weight is 387 g/mol. The van der Waals surface area contributed by atoms with Crippen LogP contribution in [0.4, 0.5) is 0 Å². The molecule has 1 aromatic rings. The molecule has 0 spiro atoms. The summed E-state index contributed by atoms with van der Waals surface area (Å²) in [6.45, 7) is 9.70. The van der Waals surface area contributed by atoms with Gasteiger partial charge in [0.25, 0.3) is 0 Å². The Balaban J connectivity index is 0.00000264. The zero-order valence-electron chi connectivity index (χ0n) is 13.9. The number of pyridine rings is 1. The Morgan fingerprint density at radius 3 is 2.35 bits per heavy atom. The molecular weight excluding hydrogens is 356 g/mol. The lowest BCUT2D eigenvalue weighted by molar-refractivity contribution is 0.270. The van der Waals surface area contributed by atoms with Gasteiger partial charge in [0.05, 0.1) is 11.4 Å². The van der Waals surface area contributed by atoms with Gasteiger partial charge in [-0.2, -0.15) is 0 Å². The second-order valence-electron chi connectivity index (χ2n) is 5.71. The second-order valence-corrected chi connectivity index (χ2v) is 5.71. The van der Waals surface area contributed by atoms with E-state index in [1.165, 1.54) is 0 Å². The van der Waals surface area contributed by atoms with Crippen LogP contribution in [-0.2, 0) is 13.1 Å². The lowest BCUT2D eigenvalue weighted by atomic mass is 10.3. The minimum Gasteiger partial charge on any atom is -0.330 e. The molecular formula is C16H31BrN6. The first kappa shape index (κ1) is 20.5. The van der Waals surface area contributed by atoms with E-state index >= 15 is 0 Å². The van der Waals surface area contributed by atoms with Gasteiger partial charge in [0.2, 0.25) is 0 Å². The molecule has 23 heavy (non-hydrogen) atoms. The van der Waals surface area contributed by atoms with Crippen LogP contribution in [0.5, 0.6) is 0 Å². The zero-order chi connectivity index (χ0) is 15.5. The van der Waals surface area contributed by atoms with Gasteiger partial charge in [0.15, 0.2) is 0 Å². The van der Waals surface area contributed by atoms with Gasteiger partial charge in [-0.15, -0.1) is 17.0 Å². The van der Waals surface area contributed by atoms with Crippen LogP contribution in [0.1, 0.15) is 17.8 Å². The lowest BCUT2D eigenvalue weighted by Gasteiger charge is -2.23. The summed E-state index contributed by atoms with van der Waals surface area (Å²) in [6.07, 6.45) is 1.05. The van der Waals surface area contributed by atoms with Crippen LogP contribution in [0.15, 0.2) is 18.2 Å². The van der Waals surface area contributed by atoms with Crippen LogP contribution in [0.2, 0.25) is 0 Å². The molecule has 1 aliphatic rings. The number of hydrogen-bond acceptors (Lipinski definition) is 6. The Morgan fingerprint density at radius 2 is 1.74 bits per heavy atom. The zero-order valence-corrected chi connectivity index (χ0v) is 15.6. The maximum atomic E-state index is 5.50. The van der Waals surface area contributed by atoms with Crippen LogP contribution in [0, 0.1) is 0 Å². The smallest absolute Gasteiger partial charge is 0.0545 e. The van der Waals surface area contributed by atoms with Crippen LogP contribution >= 0.6 is 17.0 Å². The molecule has 0 saturated heterocycles. The van der Waals surface area contributed by atoms with E-state index in [-0.39, 0.29) is 17.0 Å². The highest BCUT2D eigenvalue weighted by molar-refractivity contribution is 8.93. The predicted octanol–water partition coefficient (Wildman–Crippen LogP) is 0.0927. The van der Waals surface area contributed by atoms with E-state index in [0.29, 0.717) is 0 Å². The van der Waals surface area contributed by atoms with Gasteiger partial charge in [0.1, 0.15) is 0 Å². The SMILES string of the molecule is Br.NCCCNCCN1CCNCc2cccc(n2)CNCC1. The van der Waals surface area contributed by atoms with Gasteiger partial charge in [-0.25, -0.2) is 0 Å². The van der Waals surface area contributed by atoms with E-state index in [9.17, 15) is 0 Å². The second kappa shape index (κ2) is 12.8. The minimum absolute atomic E-state index is 0. The molecule has 2 bridgehead atoms. The van der Waals surface area contributed by atoms with Crippen molar-refractivity contribution in [1.29, 1.82) is 0 Å². The van der Waals surface area contributed by atoms with Gasteiger partial charge in [0, 0.05) is 52.4 Å². The average Bonchev–Trinajstić information content (AvgIpc) is 2.54. The summed E-state index contributed by atoms with van der Waals surface area (Å²) < 4.78 is 0. The molecule has 1 aliphatic heterocycles. The quantitative estimate of drug-likeness (QED) is 0.519. The fourth-order valence-electron chi connectivity index (χ4n) is 2.56. The highest BCUT2D eigenvalue weighted by Crippen LogP contribution is 2.00. The molecule has 7 heteroatoms. The molecule has 0 aliphatic carbocycles. The molecule has 0 unspecified atom stereocenters. The molecule has 0 saturated carbocycles. The Morgan fingerprint density at radius 1 is 1.09 bits per heavy atom.